The number of esters is 1. The standard InChI is InChI=1S/C30H32O7/c1-20(29(32)33)16-17-25(19-35-27-15-9-11-23-10-7-8-14-26(23)27)37-30(34)21(2)18-28(22(3)31)36-24-12-5-4-6-13-24/h4-16,18,22,25,28,31H,17,19H2,1-3H3,(H,32,33). The van der Waals surface area contributed by atoms with Gasteiger partial charge in [-0.05, 0) is 50.4 Å². The summed E-state index contributed by atoms with van der Waals surface area (Å²) >= 11 is 0. The van der Waals surface area contributed by atoms with Crippen molar-refractivity contribution in [2.24, 2.45) is 0 Å². The van der Waals surface area contributed by atoms with Gasteiger partial charge >= 0.3 is 11.9 Å². The van der Waals surface area contributed by atoms with Crippen molar-refractivity contribution in [2.45, 2.75) is 45.5 Å². The molecule has 3 aromatic carbocycles. The van der Waals surface area contributed by atoms with Gasteiger partial charge in [-0.1, -0.05) is 60.7 Å². The molecule has 3 rings (SSSR count). The first-order valence-electron chi connectivity index (χ1n) is 12.0. The van der Waals surface area contributed by atoms with Crippen LogP contribution in [0.15, 0.2) is 96.1 Å². The number of carbonyl (C=O) groups is 2. The zero-order valence-corrected chi connectivity index (χ0v) is 21.2. The van der Waals surface area contributed by atoms with Crippen molar-refractivity contribution < 1.29 is 34.0 Å². The van der Waals surface area contributed by atoms with Gasteiger partial charge in [0, 0.05) is 23.0 Å². The lowest BCUT2D eigenvalue weighted by molar-refractivity contribution is -0.145. The quantitative estimate of drug-likeness (QED) is 0.254. The van der Waals surface area contributed by atoms with Gasteiger partial charge in [-0.25, -0.2) is 9.59 Å². The number of benzene rings is 3. The van der Waals surface area contributed by atoms with E-state index < -0.39 is 30.3 Å². The molecule has 3 aromatic rings. The number of hydrogen-bond donors (Lipinski definition) is 2. The van der Waals surface area contributed by atoms with Crippen molar-refractivity contribution in [3.8, 4) is 11.5 Å². The van der Waals surface area contributed by atoms with Crippen LogP contribution in [0.3, 0.4) is 0 Å². The van der Waals surface area contributed by atoms with E-state index in [1.165, 1.54) is 19.1 Å². The fraction of sp³-hybridized carbons (Fsp3) is 0.267. The zero-order valence-electron chi connectivity index (χ0n) is 21.2. The van der Waals surface area contributed by atoms with Crippen LogP contribution < -0.4 is 9.47 Å². The Hall–Kier alpha value is -4.10. The van der Waals surface area contributed by atoms with Crippen molar-refractivity contribution in [3.63, 3.8) is 0 Å². The van der Waals surface area contributed by atoms with Gasteiger partial charge in [0.2, 0.25) is 0 Å². The van der Waals surface area contributed by atoms with E-state index in [2.05, 4.69) is 0 Å². The number of aliphatic carboxylic acids is 1. The minimum atomic E-state index is -1.05. The van der Waals surface area contributed by atoms with Crippen LogP contribution in [-0.4, -0.2) is 47.1 Å². The van der Waals surface area contributed by atoms with E-state index in [0.29, 0.717) is 11.5 Å². The van der Waals surface area contributed by atoms with Gasteiger partial charge in [0.15, 0.2) is 0 Å². The van der Waals surface area contributed by atoms with Crippen LogP contribution in [-0.2, 0) is 14.3 Å². The van der Waals surface area contributed by atoms with Gasteiger partial charge in [-0.3, -0.25) is 0 Å². The predicted octanol–water partition coefficient (Wildman–Crippen LogP) is 5.33. The molecule has 2 N–H and O–H groups in total. The maximum Gasteiger partial charge on any atom is 0.333 e. The Balaban J connectivity index is 1.75. The third-order valence-corrected chi connectivity index (χ3v) is 5.70. The van der Waals surface area contributed by atoms with Crippen molar-refractivity contribution >= 4 is 22.7 Å². The number of ether oxygens (including phenoxy) is 3. The summed E-state index contributed by atoms with van der Waals surface area (Å²) in [5, 5.41) is 21.3. The molecular formula is C30H32O7. The number of carbonyl (C=O) groups excluding carboxylic acids is 1. The summed E-state index contributed by atoms with van der Waals surface area (Å²) in [7, 11) is 0. The van der Waals surface area contributed by atoms with Crippen LogP contribution >= 0.6 is 0 Å². The lowest BCUT2D eigenvalue weighted by Crippen LogP contribution is -2.29. The summed E-state index contributed by atoms with van der Waals surface area (Å²) < 4.78 is 17.5. The molecule has 0 bridgehead atoms. The summed E-state index contributed by atoms with van der Waals surface area (Å²) in [6.07, 6.45) is 0.778. The Kier molecular flexibility index (Phi) is 9.86. The molecule has 7 nitrogen and oxygen atoms in total. The van der Waals surface area contributed by atoms with E-state index in [1.807, 2.05) is 60.7 Å². The molecule has 3 atom stereocenters. The van der Waals surface area contributed by atoms with Crippen molar-refractivity contribution in [1.82, 2.24) is 0 Å². The molecule has 0 aliphatic heterocycles. The van der Waals surface area contributed by atoms with Gasteiger partial charge in [0.1, 0.15) is 30.3 Å². The van der Waals surface area contributed by atoms with Crippen LogP contribution in [0.5, 0.6) is 11.5 Å². The molecule has 0 radical (unpaired) electrons. The normalized spacial score (nSPS) is 14.5. The van der Waals surface area contributed by atoms with Crippen LogP contribution in [0.25, 0.3) is 10.8 Å². The smallest absolute Gasteiger partial charge is 0.333 e. The average molecular weight is 505 g/mol. The molecule has 7 heteroatoms. The monoisotopic (exact) mass is 504 g/mol. The minimum absolute atomic E-state index is 0.0246. The Morgan fingerprint density at radius 2 is 1.59 bits per heavy atom. The topological polar surface area (TPSA) is 102 Å². The lowest BCUT2D eigenvalue weighted by atomic mass is 10.1. The highest BCUT2D eigenvalue weighted by atomic mass is 16.6. The summed E-state index contributed by atoms with van der Waals surface area (Å²) in [5.74, 6) is -0.471. The highest BCUT2D eigenvalue weighted by molar-refractivity contribution is 5.89. The number of rotatable bonds is 12. The summed E-state index contributed by atoms with van der Waals surface area (Å²) in [6, 6.07) is 22.4. The summed E-state index contributed by atoms with van der Waals surface area (Å²) in [5.41, 5.74) is 0.389. The molecule has 0 aromatic heterocycles. The number of aliphatic hydroxyl groups excluding tert-OH is 1. The second-order valence-electron chi connectivity index (χ2n) is 8.73. The molecule has 0 heterocycles. The van der Waals surface area contributed by atoms with Crippen molar-refractivity contribution in [1.29, 1.82) is 0 Å². The first kappa shape index (κ1) is 27.5. The lowest BCUT2D eigenvalue weighted by Gasteiger charge is -2.21. The Bertz CT molecular complexity index is 1260. The van der Waals surface area contributed by atoms with Crippen molar-refractivity contribution in [2.75, 3.05) is 6.61 Å². The zero-order chi connectivity index (χ0) is 26.8. The van der Waals surface area contributed by atoms with E-state index in [4.69, 9.17) is 14.2 Å². The highest BCUT2D eigenvalue weighted by Gasteiger charge is 2.21. The molecule has 0 saturated heterocycles. The Labute approximate surface area is 216 Å². The SMILES string of the molecule is CC(=CCC(COc1cccc2ccccc12)OC(=O)C(C)=CC(Oc1ccccc1)C(C)O)C(=O)O. The van der Waals surface area contributed by atoms with Gasteiger partial charge < -0.3 is 24.4 Å². The maximum atomic E-state index is 12.9. The minimum Gasteiger partial charge on any atom is -0.489 e. The molecule has 3 unspecified atom stereocenters. The van der Waals surface area contributed by atoms with E-state index in [1.54, 1.807) is 26.0 Å². The second kappa shape index (κ2) is 13.3. The molecule has 37 heavy (non-hydrogen) atoms. The molecule has 0 aliphatic carbocycles. The molecule has 0 spiro atoms. The van der Waals surface area contributed by atoms with E-state index in [0.717, 1.165) is 10.8 Å². The molecule has 0 aliphatic rings. The molecular weight excluding hydrogens is 472 g/mol. The van der Waals surface area contributed by atoms with Gasteiger partial charge in [-0.2, -0.15) is 0 Å². The van der Waals surface area contributed by atoms with E-state index >= 15 is 0 Å². The van der Waals surface area contributed by atoms with Gasteiger partial charge in [-0.15, -0.1) is 0 Å². The van der Waals surface area contributed by atoms with Crippen LogP contribution in [0.2, 0.25) is 0 Å². The molecule has 0 amide bonds. The van der Waals surface area contributed by atoms with Crippen molar-refractivity contribution in [3.05, 3.63) is 96.1 Å². The Morgan fingerprint density at radius 3 is 2.30 bits per heavy atom. The number of hydrogen-bond acceptors (Lipinski definition) is 6. The van der Waals surface area contributed by atoms with Crippen LogP contribution in [0.1, 0.15) is 27.2 Å². The van der Waals surface area contributed by atoms with Gasteiger partial charge in [0.05, 0.1) is 6.10 Å². The fourth-order valence-corrected chi connectivity index (χ4v) is 3.54. The number of aliphatic hydroxyl groups is 1. The number of carboxylic acid groups (broad SMARTS) is 1. The third-order valence-electron chi connectivity index (χ3n) is 5.70. The van der Waals surface area contributed by atoms with Crippen LogP contribution in [0, 0.1) is 0 Å². The maximum absolute atomic E-state index is 12.9. The first-order chi connectivity index (χ1) is 17.7. The average Bonchev–Trinajstić information content (AvgIpc) is 2.89. The fourth-order valence-electron chi connectivity index (χ4n) is 3.54. The molecule has 194 valence electrons. The highest BCUT2D eigenvalue weighted by Crippen LogP contribution is 2.26. The first-order valence-corrected chi connectivity index (χ1v) is 12.0. The van der Waals surface area contributed by atoms with Crippen LogP contribution in [0.4, 0.5) is 0 Å². The summed E-state index contributed by atoms with van der Waals surface area (Å²) in [6.45, 7) is 4.65. The molecule has 0 fully saturated rings. The molecule has 0 saturated carbocycles. The third kappa shape index (κ3) is 8.22. The summed E-state index contributed by atoms with van der Waals surface area (Å²) in [4.78, 5) is 24.2. The Morgan fingerprint density at radius 1 is 0.919 bits per heavy atom. The van der Waals surface area contributed by atoms with E-state index in [9.17, 15) is 19.8 Å². The van der Waals surface area contributed by atoms with E-state index in [-0.39, 0.29) is 24.2 Å². The van der Waals surface area contributed by atoms with Gasteiger partial charge in [0.25, 0.3) is 0 Å². The predicted molar refractivity (Wildman–Crippen MR) is 142 cm³/mol. The number of carboxylic acids is 1. The number of para-hydroxylation sites is 1. The largest absolute Gasteiger partial charge is 0.489 e. The second-order valence-corrected chi connectivity index (χ2v) is 8.73. The number of fused-ring (bicyclic) bond motifs is 1.